The van der Waals surface area contributed by atoms with Crippen LogP contribution in [0.15, 0.2) is 66.0 Å². The van der Waals surface area contributed by atoms with Gasteiger partial charge in [0.2, 0.25) is 5.91 Å². The molecule has 3 aromatic rings. The highest BCUT2D eigenvalue weighted by Gasteiger charge is 2.22. The van der Waals surface area contributed by atoms with Gasteiger partial charge in [0.1, 0.15) is 5.75 Å². The summed E-state index contributed by atoms with van der Waals surface area (Å²) in [4.78, 5) is 31.1. The van der Waals surface area contributed by atoms with Crippen LogP contribution in [0, 0.1) is 0 Å². The van der Waals surface area contributed by atoms with Crippen molar-refractivity contribution in [3.63, 3.8) is 0 Å². The van der Waals surface area contributed by atoms with E-state index in [4.69, 9.17) is 14.2 Å². The van der Waals surface area contributed by atoms with Crippen LogP contribution >= 0.6 is 11.3 Å². The minimum absolute atomic E-state index is 0.0221. The largest absolute Gasteiger partial charge is 0.493 e. The van der Waals surface area contributed by atoms with Crippen LogP contribution < -0.4 is 14.2 Å². The van der Waals surface area contributed by atoms with Crippen LogP contribution in [-0.4, -0.2) is 62.1 Å². The summed E-state index contributed by atoms with van der Waals surface area (Å²) in [6, 6.07) is 19.0. The molecule has 0 aliphatic carbocycles. The van der Waals surface area contributed by atoms with Crippen molar-refractivity contribution in [2.45, 2.75) is 32.7 Å². The Labute approximate surface area is 223 Å². The molecule has 0 saturated heterocycles. The Morgan fingerprint density at radius 3 is 2.32 bits per heavy atom. The first-order chi connectivity index (χ1) is 18.0. The summed E-state index contributed by atoms with van der Waals surface area (Å²) in [5, 5.41) is 2.00. The Balaban J connectivity index is 1.69. The molecule has 0 radical (unpaired) electrons. The van der Waals surface area contributed by atoms with E-state index in [1.807, 2.05) is 70.9 Å². The Bertz CT molecular complexity index is 1100. The van der Waals surface area contributed by atoms with Crippen LogP contribution in [0.25, 0.3) is 0 Å². The number of methoxy groups -OCH3 is 2. The number of ether oxygens (including phenoxy) is 3. The van der Waals surface area contributed by atoms with E-state index < -0.39 is 0 Å². The predicted octanol–water partition coefficient (Wildman–Crippen LogP) is 5.04. The van der Waals surface area contributed by atoms with Gasteiger partial charge in [-0.25, -0.2) is 0 Å². The molecular formula is C29H36N2O5S. The number of amides is 2. The molecule has 37 heavy (non-hydrogen) atoms. The number of unbranched alkanes of at least 4 members (excludes halogenated alkanes) is 1. The smallest absolute Gasteiger partial charge is 0.260 e. The van der Waals surface area contributed by atoms with Crippen molar-refractivity contribution in [1.29, 1.82) is 0 Å². The van der Waals surface area contributed by atoms with Crippen LogP contribution in [0.5, 0.6) is 17.2 Å². The third-order valence-electron chi connectivity index (χ3n) is 5.96. The SMILES string of the molecule is CCCCN(CC(=O)N(CCc1ccc(OC)c(OC)c1)Cc1cccs1)C(=O)COc1ccccc1. The molecule has 0 atom stereocenters. The summed E-state index contributed by atoms with van der Waals surface area (Å²) in [6.45, 7) is 3.52. The molecule has 198 valence electrons. The second-order valence-electron chi connectivity index (χ2n) is 8.60. The van der Waals surface area contributed by atoms with E-state index in [0.29, 0.717) is 43.3 Å². The maximum absolute atomic E-state index is 13.5. The molecular weight excluding hydrogens is 488 g/mol. The zero-order valence-electron chi connectivity index (χ0n) is 21.9. The quantitative estimate of drug-likeness (QED) is 0.279. The first-order valence-corrected chi connectivity index (χ1v) is 13.4. The molecule has 7 nitrogen and oxygen atoms in total. The number of hydrogen-bond acceptors (Lipinski definition) is 6. The first kappa shape index (κ1) is 28.1. The topological polar surface area (TPSA) is 68.3 Å². The Kier molecular flexibility index (Phi) is 11.3. The van der Waals surface area contributed by atoms with Crippen LogP contribution in [-0.2, 0) is 22.6 Å². The number of carbonyl (C=O) groups excluding carboxylic acids is 2. The lowest BCUT2D eigenvalue weighted by Crippen LogP contribution is -2.45. The minimum atomic E-state index is -0.193. The molecule has 0 fully saturated rings. The number of hydrogen-bond donors (Lipinski definition) is 0. The number of nitrogens with zero attached hydrogens (tertiary/aromatic N) is 2. The third kappa shape index (κ3) is 8.82. The van der Waals surface area contributed by atoms with Crippen molar-refractivity contribution in [3.8, 4) is 17.2 Å². The maximum Gasteiger partial charge on any atom is 0.260 e. The fourth-order valence-electron chi connectivity index (χ4n) is 3.84. The van der Waals surface area contributed by atoms with Gasteiger partial charge in [-0.2, -0.15) is 0 Å². The Morgan fingerprint density at radius 2 is 1.65 bits per heavy atom. The van der Waals surface area contributed by atoms with Gasteiger partial charge in [-0.3, -0.25) is 9.59 Å². The zero-order valence-corrected chi connectivity index (χ0v) is 22.7. The molecule has 0 saturated carbocycles. The number of thiophene rings is 1. The van der Waals surface area contributed by atoms with Crippen molar-refractivity contribution in [2.24, 2.45) is 0 Å². The van der Waals surface area contributed by atoms with E-state index in [-0.39, 0.29) is 25.0 Å². The van der Waals surface area contributed by atoms with Crippen molar-refractivity contribution >= 4 is 23.2 Å². The Hall–Kier alpha value is -3.52. The molecule has 1 aromatic heterocycles. The van der Waals surface area contributed by atoms with Crippen molar-refractivity contribution < 1.29 is 23.8 Å². The molecule has 0 aliphatic rings. The number of benzene rings is 2. The lowest BCUT2D eigenvalue weighted by molar-refractivity contribution is -0.142. The molecule has 0 aliphatic heterocycles. The molecule has 0 unspecified atom stereocenters. The van der Waals surface area contributed by atoms with Gasteiger partial charge in [0, 0.05) is 18.0 Å². The minimum Gasteiger partial charge on any atom is -0.493 e. The summed E-state index contributed by atoms with van der Waals surface area (Å²) < 4.78 is 16.4. The standard InChI is InChI=1S/C29H36N2O5S/c1-4-5-16-30(29(33)22-36-24-10-7-6-8-11-24)21-28(32)31(20-25-12-9-18-37-25)17-15-23-13-14-26(34-2)27(19-23)35-3/h6-14,18-19H,4-5,15-17,20-22H2,1-3H3. The molecule has 0 spiro atoms. The molecule has 1 heterocycles. The van der Waals surface area contributed by atoms with Gasteiger partial charge in [0.25, 0.3) is 5.91 Å². The molecule has 2 amide bonds. The van der Waals surface area contributed by atoms with Gasteiger partial charge in [-0.15, -0.1) is 11.3 Å². The Morgan fingerprint density at radius 1 is 0.865 bits per heavy atom. The number of carbonyl (C=O) groups is 2. The second-order valence-corrected chi connectivity index (χ2v) is 9.64. The van der Waals surface area contributed by atoms with E-state index >= 15 is 0 Å². The van der Waals surface area contributed by atoms with Gasteiger partial charge in [-0.05, 0) is 54.1 Å². The lowest BCUT2D eigenvalue weighted by atomic mass is 10.1. The molecule has 2 aromatic carbocycles. The first-order valence-electron chi connectivity index (χ1n) is 12.5. The highest BCUT2D eigenvalue weighted by Crippen LogP contribution is 2.28. The van der Waals surface area contributed by atoms with Gasteiger partial charge < -0.3 is 24.0 Å². The normalized spacial score (nSPS) is 10.6. The van der Waals surface area contributed by atoms with E-state index in [0.717, 1.165) is 23.3 Å². The fourth-order valence-corrected chi connectivity index (χ4v) is 4.56. The molecule has 0 bridgehead atoms. The second kappa shape index (κ2) is 14.9. The van der Waals surface area contributed by atoms with Gasteiger partial charge in [0.15, 0.2) is 18.1 Å². The average molecular weight is 525 g/mol. The molecule has 8 heteroatoms. The zero-order chi connectivity index (χ0) is 26.5. The van der Waals surface area contributed by atoms with E-state index in [9.17, 15) is 9.59 Å². The van der Waals surface area contributed by atoms with E-state index in [1.54, 1.807) is 30.5 Å². The number of para-hydroxylation sites is 1. The average Bonchev–Trinajstić information content (AvgIpc) is 3.45. The number of rotatable bonds is 15. The monoisotopic (exact) mass is 524 g/mol. The van der Waals surface area contributed by atoms with Gasteiger partial charge >= 0.3 is 0 Å². The maximum atomic E-state index is 13.5. The van der Waals surface area contributed by atoms with Crippen LogP contribution in [0.1, 0.15) is 30.2 Å². The van der Waals surface area contributed by atoms with Crippen LogP contribution in [0.4, 0.5) is 0 Å². The highest BCUT2D eigenvalue weighted by atomic mass is 32.1. The fraction of sp³-hybridized carbons (Fsp3) is 0.379. The van der Waals surface area contributed by atoms with Crippen molar-refractivity contribution in [2.75, 3.05) is 40.5 Å². The van der Waals surface area contributed by atoms with Gasteiger partial charge in [-0.1, -0.05) is 43.7 Å². The summed E-state index contributed by atoms with van der Waals surface area (Å²) in [6.07, 6.45) is 2.40. The summed E-state index contributed by atoms with van der Waals surface area (Å²) >= 11 is 1.62. The van der Waals surface area contributed by atoms with Crippen molar-refractivity contribution in [3.05, 3.63) is 76.5 Å². The lowest BCUT2D eigenvalue weighted by Gasteiger charge is -2.28. The van der Waals surface area contributed by atoms with Crippen LogP contribution in [0.3, 0.4) is 0 Å². The molecule has 3 rings (SSSR count). The van der Waals surface area contributed by atoms with Crippen molar-refractivity contribution in [1.82, 2.24) is 9.80 Å². The van der Waals surface area contributed by atoms with E-state index in [2.05, 4.69) is 6.92 Å². The summed E-state index contributed by atoms with van der Waals surface area (Å²) in [7, 11) is 3.22. The highest BCUT2D eigenvalue weighted by molar-refractivity contribution is 7.09. The van der Waals surface area contributed by atoms with Gasteiger partial charge in [0.05, 0.1) is 27.3 Å². The third-order valence-corrected chi connectivity index (χ3v) is 6.82. The molecule has 0 N–H and O–H groups in total. The van der Waals surface area contributed by atoms with Crippen LogP contribution in [0.2, 0.25) is 0 Å². The summed E-state index contributed by atoms with van der Waals surface area (Å²) in [5.74, 6) is 1.68. The predicted molar refractivity (Wildman–Crippen MR) is 146 cm³/mol. The van der Waals surface area contributed by atoms with E-state index in [1.165, 1.54) is 0 Å². The summed E-state index contributed by atoms with van der Waals surface area (Å²) in [5.41, 5.74) is 1.04.